The predicted molar refractivity (Wildman–Crippen MR) is 71.7 cm³/mol. The normalized spacial score (nSPS) is 21.5. The number of aliphatic carboxylic acids is 1. The summed E-state index contributed by atoms with van der Waals surface area (Å²) in [5.41, 5.74) is 0.689. The second-order valence-corrected chi connectivity index (χ2v) is 7.00. The maximum absolute atomic E-state index is 11.6. The highest BCUT2D eigenvalue weighted by molar-refractivity contribution is 7.91. The van der Waals surface area contributed by atoms with Gasteiger partial charge in [0.25, 0.3) is 0 Å². The summed E-state index contributed by atoms with van der Waals surface area (Å²) in [5.74, 6) is -0.765. The summed E-state index contributed by atoms with van der Waals surface area (Å²) in [6, 6.07) is 8.17. The first-order valence-corrected chi connectivity index (χ1v) is 8.04. The standard InChI is InChI=1S/C13H17NO4S/c15-13(16)12(11-5-2-1-3-6-11)14-7-4-9-19(17,18)10-8-14/h1-3,5-6,12H,4,7-10H2,(H,15,16). The zero-order valence-electron chi connectivity index (χ0n) is 10.5. The summed E-state index contributed by atoms with van der Waals surface area (Å²) in [5, 5.41) is 9.41. The second-order valence-electron chi connectivity index (χ2n) is 4.69. The molecule has 1 aliphatic rings. The summed E-state index contributed by atoms with van der Waals surface area (Å²) in [4.78, 5) is 13.2. The molecular weight excluding hydrogens is 266 g/mol. The number of nitrogens with zero attached hydrogens (tertiary/aromatic N) is 1. The highest BCUT2D eigenvalue weighted by Gasteiger charge is 2.30. The smallest absolute Gasteiger partial charge is 0.325 e. The van der Waals surface area contributed by atoms with E-state index in [1.165, 1.54) is 0 Å². The van der Waals surface area contributed by atoms with Crippen molar-refractivity contribution in [2.75, 3.05) is 24.6 Å². The molecule has 1 fully saturated rings. The first-order valence-electron chi connectivity index (χ1n) is 6.22. The quantitative estimate of drug-likeness (QED) is 0.893. The van der Waals surface area contributed by atoms with Gasteiger partial charge in [0.2, 0.25) is 0 Å². The van der Waals surface area contributed by atoms with Gasteiger partial charge in [-0.15, -0.1) is 0 Å². The number of carbonyl (C=O) groups is 1. The number of benzene rings is 1. The Balaban J connectivity index is 2.23. The van der Waals surface area contributed by atoms with Crippen LogP contribution in [0.4, 0.5) is 0 Å². The SMILES string of the molecule is O=C(O)C(c1ccccc1)N1CCCS(=O)(=O)CC1. The molecule has 0 radical (unpaired) electrons. The Kier molecular flexibility index (Phi) is 4.21. The summed E-state index contributed by atoms with van der Waals surface area (Å²) in [6.45, 7) is 0.763. The van der Waals surface area contributed by atoms with E-state index in [0.29, 0.717) is 18.5 Å². The van der Waals surface area contributed by atoms with E-state index >= 15 is 0 Å². The lowest BCUT2D eigenvalue weighted by atomic mass is 10.1. The van der Waals surface area contributed by atoms with Gasteiger partial charge in [-0.3, -0.25) is 9.69 Å². The Hall–Kier alpha value is -1.40. The Morgan fingerprint density at radius 1 is 1.16 bits per heavy atom. The monoisotopic (exact) mass is 283 g/mol. The molecule has 1 heterocycles. The summed E-state index contributed by atoms with van der Waals surface area (Å²) in [6.07, 6.45) is 0.485. The van der Waals surface area contributed by atoms with Crippen LogP contribution in [0.25, 0.3) is 0 Å². The molecule has 0 aliphatic carbocycles. The van der Waals surface area contributed by atoms with Crippen molar-refractivity contribution in [2.45, 2.75) is 12.5 Å². The molecule has 1 atom stereocenters. The average Bonchev–Trinajstić information content (AvgIpc) is 2.52. The van der Waals surface area contributed by atoms with Crippen LogP contribution in [-0.2, 0) is 14.6 Å². The minimum absolute atomic E-state index is 0.0314. The molecule has 0 amide bonds. The van der Waals surface area contributed by atoms with Crippen LogP contribution in [0.5, 0.6) is 0 Å². The van der Waals surface area contributed by atoms with Crippen molar-refractivity contribution < 1.29 is 18.3 Å². The fourth-order valence-corrected chi connectivity index (χ4v) is 3.65. The van der Waals surface area contributed by atoms with E-state index in [1.807, 2.05) is 6.07 Å². The van der Waals surface area contributed by atoms with Gasteiger partial charge >= 0.3 is 5.97 Å². The third-order valence-electron chi connectivity index (χ3n) is 3.30. The summed E-state index contributed by atoms with van der Waals surface area (Å²) < 4.78 is 23.1. The molecule has 104 valence electrons. The van der Waals surface area contributed by atoms with Crippen molar-refractivity contribution in [3.05, 3.63) is 35.9 Å². The molecular formula is C13H17NO4S. The highest BCUT2D eigenvalue weighted by Crippen LogP contribution is 2.22. The van der Waals surface area contributed by atoms with E-state index in [9.17, 15) is 18.3 Å². The maximum Gasteiger partial charge on any atom is 0.325 e. The van der Waals surface area contributed by atoms with E-state index < -0.39 is 21.8 Å². The van der Waals surface area contributed by atoms with Crippen LogP contribution >= 0.6 is 0 Å². The average molecular weight is 283 g/mol. The first kappa shape index (κ1) is 14.0. The van der Waals surface area contributed by atoms with Gasteiger partial charge in [0, 0.05) is 13.1 Å². The molecule has 1 aromatic rings. The molecule has 0 saturated carbocycles. The zero-order chi connectivity index (χ0) is 13.9. The van der Waals surface area contributed by atoms with E-state index in [4.69, 9.17) is 0 Å². The third-order valence-corrected chi connectivity index (χ3v) is 5.02. The minimum Gasteiger partial charge on any atom is -0.480 e. The lowest BCUT2D eigenvalue weighted by Crippen LogP contribution is -2.36. The number of hydrogen-bond acceptors (Lipinski definition) is 4. The van der Waals surface area contributed by atoms with Gasteiger partial charge in [-0.25, -0.2) is 8.42 Å². The largest absolute Gasteiger partial charge is 0.480 e. The van der Waals surface area contributed by atoms with E-state index in [-0.39, 0.29) is 18.1 Å². The van der Waals surface area contributed by atoms with Gasteiger partial charge in [0.05, 0.1) is 11.5 Å². The minimum atomic E-state index is -3.03. The van der Waals surface area contributed by atoms with E-state index in [2.05, 4.69) is 0 Å². The molecule has 2 rings (SSSR count). The third kappa shape index (κ3) is 3.54. The van der Waals surface area contributed by atoms with Gasteiger partial charge in [0.15, 0.2) is 9.84 Å². The van der Waals surface area contributed by atoms with Gasteiger partial charge in [0.1, 0.15) is 6.04 Å². The lowest BCUT2D eigenvalue weighted by molar-refractivity contribution is -0.143. The van der Waals surface area contributed by atoms with Crippen LogP contribution in [0.1, 0.15) is 18.0 Å². The van der Waals surface area contributed by atoms with Gasteiger partial charge < -0.3 is 5.11 Å². The van der Waals surface area contributed by atoms with Crippen molar-refractivity contribution in [3.8, 4) is 0 Å². The van der Waals surface area contributed by atoms with Crippen LogP contribution in [0, 0.1) is 0 Å². The number of hydrogen-bond donors (Lipinski definition) is 1. The van der Waals surface area contributed by atoms with Crippen LogP contribution in [0.3, 0.4) is 0 Å². The number of rotatable bonds is 3. The number of carboxylic acid groups (broad SMARTS) is 1. The predicted octanol–water partition coefficient (Wildman–Crippen LogP) is 0.933. The Morgan fingerprint density at radius 2 is 1.84 bits per heavy atom. The lowest BCUT2D eigenvalue weighted by Gasteiger charge is -2.27. The molecule has 1 N–H and O–H groups in total. The highest BCUT2D eigenvalue weighted by atomic mass is 32.2. The Bertz CT molecular complexity index is 541. The molecule has 1 aromatic carbocycles. The number of sulfone groups is 1. The fraction of sp³-hybridized carbons (Fsp3) is 0.462. The summed E-state index contributed by atoms with van der Waals surface area (Å²) >= 11 is 0. The van der Waals surface area contributed by atoms with Crippen LogP contribution in [0.2, 0.25) is 0 Å². The van der Waals surface area contributed by atoms with Crippen LogP contribution in [-0.4, -0.2) is 49.0 Å². The molecule has 1 saturated heterocycles. The van der Waals surface area contributed by atoms with Crippen LogP contribution in [0.15, 0.2) is 30.3 Å². The molecule has 6 heteroatoms. The topological polar surface area (TPSA) is 74.7 Å². The Morgan fingerprint density at radius 3 is 2.47 bits per heavy atom. The molecule has 0 bridgehead atoms. The molecule has 1 aliphatic heterocycles. The van der Waals surface area contributed by atoms with E-state index in [0.717, 1.165) is 0 Å². The summed E-state index contributed by atoms with van der Waals surface area (Å²) in [7, 11) is -3.03. The van der Waals surface area contributed by atoms with Crippen molar-refractivity contribution >= 4 is 15.8 Å². The van der Waals surface area contributed by atoms with Gasteiger partial charge in [-0.05, 0) is 12.0 Å². The molecule has 1 unspecified atom stereocenters. The fourth-order valence-electron chi connectivity index (χ4n) is 2.36. The van der Waals surface area contributed by atoms with Crippen molar-refractivity contribution in [3.63, 3.8) is 0 Å². The number of carboxylic acids is 1. The van der Waals surface area contributed by atoms with E-state index in [1.54, 1.807) is 29.2 Å². The molecule has 5 nitrogen and oxygen atoms in total. The Labute approximate surface area is 112 Å². The van der Waals surface area contributed by atoms with Gasteiger partial charge in [-0.1, -0.05) is 30.3 Å². The second kappa shape index (κ2) is 5.71. The molecule has 0 spiro atoms. The first-order chi connectivity index (χ1) is 8.99. The molecule has 0 aromatic heterocycles. The maximum atomic E-state index is 11.6. The van der Waals surface area contributed by atoms with Gasteiger partial charge in [-0.2, -0.15) is 0 Å². The van der Waals surface area contributed by atoms with Crippen molar-refractivity contribution in [1.29, 1.82) is 0 Å². The van der Waals surface area contributed by atoms with Crippen LogP contribution < -0.4 is 0 Å². The van der Waals surface area contributed by atoms with Crippen molar-refractivity contribution in [1.82, 2.24) is 4.90 Å². The van der Waals surface area contributed by atoms with Crippen molar-refractivity contribution in [2.24, 2.45) is 0 Å². The zero-order valence-corrected chi connectivity index (χ0v) is 11.3. The molecule has 19 heavy (non-hydrogen) atoms.